The maximum atomic E-state index is 12.9. The number of piperidine rings is 1. The highest BCUT2D eigenvalue weighted by Gasteiger charge is 2.32. The van der Waals surface area contributed by atoms with Gasteiger partial charge in [-0.25, -0.2) is 13.2 Å². The Morgan fingerprint density at radius 3 is 2.62 bits per heavy atom. The third-order valence-electron chi connectivity index (χ3n) is 4.38. The van der Waals surface area contributed by atoms with E-state index in [1.165, 1.54) is 23.5 Å². The number of sulfonamides is 1. The fraction of sp³-hybridized carbons (Fsp3) is 0.562. The van der Waals surface area contributed by atoms with E-state index in [-0.39, 0.29) is 29.3 Å². The standard InChI is InChI=1S/C16H24N2O4S.ClH/c1-11-9-13(16(19)22-3)6-7-15(11)23(20,21)18-8-4-5-14(10-18)12(2)17;/h6-7,9,12,14H,4-5,8,10,17H2,1-3H3;1H. The van der Waals surface area contributed by atoms with Gasteiger partial charge in [0.15, 0.2) is 0 Å². The van der Waals surface area contributed by atoms with Gasteiger partial charge in [-0.2, -0.15) is 4.31 Å². The molecule has 1 aliphatic heterocycles. The van der Waals surface area contributed by atoms with Crippen molar-refractivity contribution in [3.05, 3.63) is 29.3 Å². The van der Waals surface area contributed by atoms with Crippen molar-refractivity contribution in [1.29, 1.82) is 0 Å². The number of rotatable bonds is 4. The SMILES string of the molecule is COC(=O)c1ccc(S(=O)(=O)N2CCCC(C(C)N)C2)c(C)c1.Cl. The van der Waals surface area contributed by atoms with Crippen LogP contribution in [0.3, 0.4) is 0 Å². The smallest absolute Gasteiger partial charge is 0.337 e. The zero-order valence-corrected chi connectivity index (χ0v) is 15.8. The number of nitrogens with zero attached hydrogens (tertiary/aromatic N) is 1. The highest BCUT2D eigenvalue weighted by Crippen LogP contribution is 2.27. The van der Waals surface area contributed by atoms with Crippen molar-refractivity contribution in [3.8, 4) is 0 Å². The first kappa shape index (κ1) is 20.9. The Balaban J connectivity index is 0.00000288. The summed E-state index contributed by atoms with van der Waals surface area (Å²) in [6.07, 6.45) is 1.76. The number of aryl methyl sites for hydroxylation is 1. The molecule has 0 aromatic heterocycles. The van der Waals surface area contributed by atoms with Gasteiger partial charge < -0.3 is 10.5 Å². The summed E-state index contributed by atoms with van der Waals surface area (Å²) in [6, 6.07) is 4.48. The summed E-state index contributed by atoms with van der Waals surface area (Å²) >= 11 is 0. The Bertz CT molecular complexity index is 691. The molecule has 2 rings (SSSR count). The van der Waals surface area contributed by atoms with E-state index in [0.29, 0.717) is 24.2 Å². The van der Waals surface area contributed by atoms with Gasteiger partial charge in [-0.05, 0) is 56.4 Å². The molecule has 1 heterocycles. The molecule has 1 aromatic rings. The molecule has 1 aliphatic rings. The first-order valence-corrected chi connectivity index (χ1v) is 9.16. The molecule has 0 aliphatic carbocycles. The molecule has 6 nitrogen and oxygen atoms in total. The van der Waals surface area contributed by atoms with Crippen molar-refractivity contribution in [2.75, 3.05) is 20.2 Å². The highest BCUT2D eigenvalue weighted by molar-refractivity contribution is 7.89. The highest BCUT2D eigenvalue weighted by atomic mass is 35.5. The van der Waals surface area contributed by atoms with Crippen molar-refractivity contribution in [3.63, 3.8) is 0 Å². The summed E-state index contributed by atoms with van der Waals surface area (Å²) in [4.78, 5) is 11.8. The number of esters is 1. The first-order valence-electron chi connectivity index (χ1n) is 7.72. The summed E-state index contributed by atoms with van der Waals surface area (Å²) in [5.74, 6) is -0.305. The summed E-state index contributed by atoms with van der Waals surface area (Å²) in [5, 5.41) is 0. The predicted molar refractivity (Wildman–Crippen MR) is 94.9 cm³/mol. The van der Waals surface area contributed by atoms with Gasteiger partial charge in [0.2, 0.25) is 10.0 Å². The van der Waals surface area contributed by atoms with Gasteiger partial charge in [0, 0.05) is 19.1 Å². The lowest BCUT2D eigenvalue weighted by Crippen LogP contribution is -2.45. The Labute approximate surface area is 149 Å². The number of hydrogen-bond acceptors (Lipinski definition) is 5. The molecule has 2 atom stereocenters. The Hall–Kier alpha value is -1.15. The van der Waals surface area contributed by atoms with Gasteiger partial charge in [-0.1, -0.05) is 0 Å². The van der Waals surface area contributed by atoms with Crippen molar-refractivity contribution < 1.29 is 17.9 Å². The lowest BCUT2D eigenvalue weighted by atomic mass is 9.93. The maximum absolute atomic E-state index is 12.9. The van der Waals surface area contributed by atoms with Crippen LogP contribution in [0.25, 0.3) is 0 Å². The molecule has 0 spiro atoms. The van der Waals surface area contributed by atoms with Crippen molar-refractivity contribution in [2.24, 2.45) is 11.7 Å². The van der Waals surface area contributed by atoms with E-state index in [1.807, 2.05) is 6.92 Å². The topological polar surface area (TPSA) is 89.7 Å². The average Bonchev–Trinajstić information content (AvgIpc) is 2.53. The fourth-order valence-corrected chi connectivity index (χ4v) is 4.69. The van der Waals surface area contributed by atoms with E-state index in [1.54, 1.807) is 13.0 Å². The van der Waals surface area contributed by atoms with Crippen LogP contribution in [0.2, 0.25) is 0 Å². The molecule has 2 unspecified atom stereocenters. The molecule has 2 N–H and O–H groups in total. The van der Waals surface area contributed by atoms with Crippen LogP contribution in [-0.2, 0) is 14.8 Å². The second-order valence-corrected chi connectivity index (χ2v) is 8.00. The van der Waals surface area contributed by atoms with Crippen molar-refractivity contribution in [2.45, 2.75) is 37.6 Å². The van der Waals surface area contributed by atoms with E-state index < -0.39 is 16.0 Å². The molecular weight excluding hydrogens is 352 g/mol. The predicted octanol–water partition coefficient (Wildman–Crippen LogP) is 1.95. The minimum atomic E-state index is -3.58. The maximum Gasteiger partial charge on any atom is 0.337 e. The zero-order valence-electron chi connectivity index (χ0n) is 14.2. The van der Waals surface area contributed by atoms with Crippen molar-refractivity contribution in [1.82, 2.24) is 4.31 Å². The summed E-state index contributed by atoms with van der Waals surface area (Å²) in [7, 11) is -2.29. The largest absolute Gasteiger partial charge is 0.465 e. The van der Waals surface area contributed by atoms with E-state index >= 15 is 0 Å². The van der Waals surface area contributed by atoms with Crippen LogP contribution in [0.4, 0.5) is 0 Å². The number of ether oxygens (including phenoxy) is 1. The van der Waals surface area contributed by atoms with Gasteiger partial charge in [-0.15, -0.1) is 12.4 Å². The van der Waals surface area contributed by atoms with Crippen molar-refractivity contribution >= 4 is 28.4 Å². The third-order valence-corrected chi connectivity index (χ3v) is 6.40. The van der Waals surface area contributed by atoms with Crippen LogP contribution < -0.4 is 5.73 Å². The minimum absolute atomic E-state index is 0. The molecular formula is C16H25ClN2O4S. The molecule has 1 fully saturated rings. The molecule has 0 radical (unpaired) electrons. The van der Waals surface area contributed by atoms with Crippen LogP contribution in [0.15, 0.2) is 23.1 Å². The van der Waals surface area contributed by atoms with Gasteiger partial charge in [0.1, 0.15) is 0 Å². The van der Waals surface area contributed by atoms with Gasteiger partial charge in [-0.3, -0.25) is 0 Å². The lowest BCUT2D eigenvalue weighted by Gasteiger charge is -2.34. The number of hydrogen-bond donors (Lipinski definition) is 1. The van der Waals surface area contributed by atoms with E-state index in [9.17, 15) is 13.2 Å². The van der Waals surface area contributed by atoms with Crippen LogP contribution in [0, 0.1) is 12.8 Å². The summed E-state index contributed by atoms with van der Waals surface area (Å²) < 4.78 is 32.0. The minimum Gasteiger partial charge on any atom is -0.465 e. The van der Waals surface area contributed by atoms with Crippen LogP contribution >= 0.6 is 12.4 Å². The van der Waals surface area contributed by atoms with Crippen LogP contribution in [-0.4, -0.2) is 44.9 Å². The zero-order chi connectivity index (χ0) is 17.2. The molecule has 8 heteroatoms. The Kier molecular flexibility index (Phi) is 7.22. The molecule has 24 heavy (non-hydrogen) atoms. The lowest BCUT2D eigenvalue weighted by molar-refractivity contribution is 0.0600. The molecule has 0 bridgehead atoms. The quantitative estimate of drug-likeness (QED) is 0.811. The van der Waals surface area contributed by atoms with Crippen LogP contribution in [0.5, 0.6) is 0 Å². The Morgan fingerprint density at radius 2 is 2.08 bits per heavy atom. The number of nitrogens with two attached hydrogens (primary N) is 1. The summed E-state index contributed by atoms with van der Waals surface area (Å²) in [6.45, 7) is 4.55. The van der Waals surface area contributed by atoms with Gasteiger partial charge in [0.05, 0.1) is 17.6 Å². The second kappa shape index (κ2) is 8.29. The first-order chi connectivity index (χ1) is 10.8. The van der Waals surface area contributed by atoms with Gasteiger partial charge >= 0.3 is 5.97 Å². The molecule has 0 saturated carbocycles. The van der Waals surface area contributed by atoms with E-state index in [2.05, 4.69) is 4.74 Å². The van der Waals surface area contributed by atoms with E-state index in [4.69, 9.17) is 5.73 Å². The monoisotopic (exact) mass is 376 g/mol. The average molecular weight is 377 g/mol. The number of carbonyl (C=O) groups is 1. The fourth-order valence-electron chi connectivity index (χ4n) is 2.94. The van der Waals surface area contributed by atoms with Crippen LogP contribution in [0.1, 0.15) is 35.7 Å². The van der Waals surface area contributed by atoms with E-state index in [0.717, 1.165) is 12.8 Å². The number of halogens is 1. The number of carbonyl (C=O) groups excluding carboxylic acids is 1. The number of benzene rings is 1. The molecule has 1 aromatic carbocycles. The second-order valence-electron chi connectivity index (χ2n) is 6.10. The molecule has 1 saturated heterocycles. The summed E-state index contributed by atoms with van der Waals surface area (Å²) in [5.41, 5.74) is 6.82. The normalized spacial score (nSPS) is 20.1. The van der Waals surface area contributed by atoms with Gasteiger partial charge in [0.25, 0.3) is 0 Å². The molecule has 136 valence electrons. The Morgan fingerprint density at radius 1 is 1.42 bits per heavy atom. The molecule has 0 amide bonds. The number of methoxy groups -OCH3 is 1. The third kappa shape index (κ3) is 4.27.